The summed E-state index contributed by atoms with van der Waals surface area (Å²) >= 11 is 0. The van der Waals surface area contributed by atoms with Crippen molar-refractivity contribution >= 4 is 0 Å². The molecule has 0 N–H and O–H groups in total. The van der Waals surface area contributed by atoms with Crippen LogP contribution in [0.1, 0.15) is 36.7 Å². The van der Waals surface area contributed by atoms with E-state index in [0.717, 1.165) is 18.6 Å². The summed E-state index contributed by atoms with van der Waals surface area (Å²) in [5.74, 6) is 1.78. The molecule has 2 rings (SSSR count). The van der Waals surface area contributed by atoms with Crippen molar-refractivity contribution in [1.82, 2.24) is 0 Å². The minimum atomic E-state index is 0.674. The van der Waals surface area contributed by atoms with Crippen molar-refractivity contribution < 1.29 is 8.83 Å². The molecule has 2 heterocycles. The fourth-order valence-corrected chi connectivity index (χ4v) is 2.13. The quantitative estimate of drug-likeness (QED) is 0.738. The van der Waals surface area contributed by atoms with Gasteiger partial charge in [-0.2, -0.15) is 0 Å². The SMILES string of the molecule is Cc1coc(C[C@@H](C)CCCc2ccoc2)c1. The number of furan rings is 2. The zero-order valence-electron chi connectivity index (χ0n) is 10.6. The second kappa shape index (κ2) is 5.76. The van der Waals surface area contributed by atoms with Gasteiger partial charge < -0.3 is 8.83 Å². The first-order valence-corrected chi connectivity index (χ1v) is 6.29. The molecule has 0 amide bonds. The molecule has 2 aromatic heterocycles. The number of rotatable bonds is 6. The maximum absolute atomic E-state index is 5.47. The lowest BCUT2D eigenvalue weighted by molar-refractivity contribution is 0.432. The highest BCUT2D eigenvalue weighted by atomic mass is 16.3. The van der Waals surface area contributed by atoms with E-state index in [-0.39, 0.29) is 0 Å². The largest absolute Gasteiger partial charge is 0.472 e. The van der Waals surface area contributed by atoms with Gasteiger partial charge in [0, 0.05) is 6.42 Å². The fourth-order valence-electron chi connectivity index (χ4n) is 2.13. The van der Waals surface area contributed by atoms with Crippen molar-refractivity contribution in [3.63, 3.8) is 0 Å². The Labute approximate surface area is 103 Å². The third kappa shape index (κ3) is 3.81. The third-order valence-corrected chi connectivity index (χ3v) is 3.08. The Balaban J connectivity index is 1.69. The molecule has 0 saturated heterocycles. The van der Waals surface area contributed by atoms with Gasteiger partial charge in [0.2, 0.25) is 0 Å². The van der Waals surface area contributed by atoms with Gasteiger partial charge in [0.25, 0.3) is 0 Å². The van der Waals surface area contributed by atoms with Gasteiger partial charge in [-0.05, 0) is 55.4 Å². The van der Waals surface area contributed by atoms with Crippen molar-refractivity contribution in [2.24, 2.45) is 5.92 Å². The Morgan fingerprint density at radius 2 is 2.18 bits per heavy atom. The van der Waals surface area contributed by atoms with Crippen molar-refractivity contribution in [2.75, 3.05) is 0 Å². The molecule has 1 atom stereocenters. The molecule has 92 valence electrons. The molecule has 0 spiro atoms. The Bertz CT molecular complexity index is 425. The van der Waals surface area contributed by atoms with E-state index in [1.54, 1.807) is 6.26 Å². The molecule has 0 radical (unpaired) electrons. The number of hydrogen-bond donors (Lipinski definition) is 0. The van der Waals surface area contributed by atoms with Crippen LogP contribution >= 0.6 is 0 Å². The third-order valence-electron chi connectivity index (χ3n) is 3.08. The minimum Gasteiger partial charge on any atom is -0.472 e. The predicted molar refractivity (Wildman–Crippen MR) is 68.0 cm³/mol. The maximum atomic E-state index is 5.47. The molecular formula is C15H20O2. The summed E-state index contributed by atoms with van der Waals surface area (Å²) in [5, 5.41) is 0. The van der Waals surface area contributed by atoms with E-state index >= 15 is 0 Å². The highest BCUT2D eigenvalue weighted by molar-refractivity contribution is 5.10. The van der Waals surface area contributed by atoms with Crippen LogP contribution < -0.4 is 0 Å². The molecule has 2 nitrogen and oxygen atoms in total. The zero-order chi connectivity index (χ0) is 12.1. The van der Waals surface area contributed by atoms with E-state index in [0.29, 0.717) is 5.92 Å². The fraction of sp³-hybridized carbons (Fsp3) is 0.467. The lowest BCUT2D eigenvalue weighted by atomic mass is 9.98. The average Bonchev–Trinajstić information content (AvgIpc) is 2.90. The van der Waals surface area contributed by atoms with E-state index in [1.807, 2.05) is 18.6 Å². The Morgan fingerprint density at radius 1 is 1.29 bits per heavy atom. The zero-order valence-corrected chi connectivity index (χ0v) is 10.6. The van der Waals surface area contributed by atoms with E-state index in [9.17, 15) is 0 Å². The van der Waals surface area contributed by atoms with E-state index in [2.05, 4.69) is 19.9 Å². The summed E-state index contributed by atoms with van der Waals surface area (Å²) in [7, 11) is 0. The second-order valence-corrected chi connectivity index (χ2v) is 4.92. The molecule has 0 bridgehead atoms. The Kier molecular flexibility index (Phi) is 4.08. The maximum Gasteiger partial charge on any atom is 0.104 e. The molecule has 2 heteroatoms. The minimum absolute atomic E-state index is 0.674. The average molecular weight is 232 g/mol. The van der Waals surface area contributed by atoms with Gasteiger partial charge >= 0.3 is 0 Å². The summed E-state index contributed by atoms with van der Waals surface area (Å²) in [6.07, 6.45) is 9.99. The van der Waals surface area contributed by atoms with Gasteiger partial charge in [-0.25, -0.2) is 0 Å². The van der Waals surface area contributed by atoms with Crippen LogP contribution in [0.3, 0.4) is 0 Å². The molecule has 0 aromatic carbocycles. The molecule has 0 saturated carbocycles. The Morgan fingerprint density at radius 3 is 2.82 bits per heavy atom. The molecule has 0 aliphatic carbocycles. The predicted octanol–water partition coefficient (Wildman–Crippen LogP) is 4.38. The van der Waals surface area contributed by atoms with Gasteiger partial charge in [-0.15, -0.1) is 0 Å². The van der Waals surface area contributed by atoms with Crippen LogP contribution in [0.15, 0.2) is 39.8 Å². The van der Waals surface area contributed by atoms with Gasteiger partial charge in [0.05, 0.1) is 18.8 Å². The van der Waals surface area contributed by atoms with Gasteiger partial charge in [-0.3, -0.25) is 0 Å². The first-order valence-electron chi connectivity index (χ1n) is 6.29. The molecule has 0 fully saturated rings. The Hall–Kier alpha value is -1.44. The second-order valence-electron chi connectivity index (χ2n) is 4.92. The van der Waals surface area contributed by atoms with Crippen LogP contribution in [0.2, 0.25) is 0 Å². The van der Waals surface area contributed by atoms with Crippen LogP contribution in [0.4, 0.5) is 0 Å². The van der Waals surface area contributed by atoms with Crippen LogP contribution in [-0.4, -0.2) is 0 Å². The standard InChI is InChI=1S/C15H20O2/c1-12(8-15-9-13(2)10-17-15)4-3-5-14-6-7-16-11-14/h6-7,9-12H,3-5,8H2,1-2H3/t12-/m0/s1. The summed E-state index contributed by atoms with van der Waals surface area (Å²) in [5.41, 5.74) is 2.51. The van der Waals surface area contributed by atoms with Gasteiger partial charge in [-0.1, -0.05) is 6.92 Å². The van der Waals surface area contributed by atoms with Crippen LogP contribution in [0, 0.1) is 12.8 Å². The van der Waals surface area contributed by atoms with Crippen LogP contribution in [0.25, 0.3) is 0 Å². The molecule has 0 unspecified atom stereocenters. The van der Waals surface area contributed by atoms with E-state index < -0.39 is 0 Å². The highest BCUT2D eigenvalue weighted by Gasteiger charge is 2.07. The van der Waals surface area contributed by atoms with Crippen molar-refractivity contribution in [2.45, 2.75) is 39.5 Å². The molecular weight excluding hydrogens is 212 g/mol. The smallest absolute Gasteiger partial charge is 0.104 e. The lowest BCUT2D eigenvalue weighted by Gasteiger charge is -2.08. The number of aryl methyl sites for hydroxylation is 2. The highest BCUT2D eigenvalue weighted by Crippen LogP contribution is 2.17. The normalized spacial score (nSPS) is 12.8. The van der Waals surface area contributed by atoms with Crippen LogP contribution in [-0.2, 0) is 12.8 Å². The summed E-state index contributed by atoms with van der Waals surface area (Å²) in [6, 6.07) is 4.17. The van der Waals surface area contributed by atoms with Crippen molar-refractivity contribution in [1.29, 1.82) is 0 Å². The van der Waals surface area contributed by atoms with Gasteiger partial charge in [0.15, 0.2) is 0 Å². The summed E-state index contributed by atoms with van der Waals surface area (Å²) in [4.78, 5) is 0. The molecule has 17 heavy (non-hydrogen) atoms. The van der Waals surface area contributed by atoms with E-state index in [1.165, 1.54) is 24.0 Å². The molecule has 0 aliphatic rings. The van der Waals surface area contributed by atoms with Gasteiger partial charge in [0.1, 0.15) is 5.76 Å². The lowest BCUT2D eigenvalue weighted by Crippen LogP contribution is -1.99. The number of hydrogen-bond acceptors (Lipinski definition) is 2. The topological polar surface area (TPSA) is 26.3 Å². The molecule has 0 aliphatic heterocycles. The van der Waals surface area contributed by atoms with Crippen molar-refractivity contribution in [3.8, 4) is 0 Å². The first kappa shape index (κ1) is 12.0. The van der Waals surface area contributed by atoms with Crippen LogP contribution in [0.5, 0.6) is 0 Å². The van der Waals surface area contributed by atoms with E-state index in [4.69, 9.17) is 8.83 Å². The monoisotopic (exact) mass is 232 g/mol. The summed E-state index contributed by atoms with van der Waals surface area (Å²) < 4.78 is 10.5. The summed E-state index contributed by atoms with van der Waals surface area (Å²) in [6.45, 7) is 4.35. The first-order chi connectivity index (χ1) is 8.24. The molecule has 2 aromatic rings. The van der Waals surface area contributed by atoms with Crippen molar-refractivity contribution in [3.05, 3.63) is 47.8 Å².